The molecule has 2 aromatic rings. The van der Waals surface area contributed by atoms with Crippen LogP contribution in [-0.4, -0.2) is 40.2 Å². The highest BCUT2D eigenvalue weighted by molar-refractivity contribution is 5.84. The summed E-state index contributed by atoms with van der Waals surface area (Å²) < 4.78 is 1.86. The van der Waals surface area contributed by atoms with Crippen LogP contribution in [-0.2, 0) is 18.4 Å². The summed E-state index contributed by atoms with van der Waals surface area (Å²) in [6, 6.07) is 6.12. The van der Waals surface area contributed by atoms with Crippen LogP contribution < -0.4 is 5.32 Å². The number of likely N-dealkylation sites (N-methyl/N-ethyl adjacent to an activating group) is 1. The number of aryl methyl sites for hydroxylation is 2. The van der Waals surface area contributed by atoms with Crippen molar-refractivity contribution in [2.24, 2.45) is 7.05 Å². The Balaban J connectivity index is 2.14. The molecule has 1 aromatic carbocycles. The predicted molar refractivity (Wildman–Crippen MR) is 85.1 cm³/mol. The maximum absolute atomic E-state index is 12.1. The Hall–Kier alpha value is -1.88. The van der Waals surface area contributed by atoms with E-state index >= 15 is 0 Å². The number of hydrogen-bond acceptors (Lipinski definition) is 3. The molecule has 0 saturated heterocycles. The average Bonchev–Trinajstić information content (AvgIpc) is 2.78. The molecule has 0 spiro atoms. The first-order chi connectivity index (χ1) is 9.93. The van der Waals surface area contributed by atoms with Crippen molar-refractivity contribution in [3.63, 3.8) is 0 Å². The quantitative estimate of drug-likeness (QED) is 0.913. The topological polar surface area (TPSA) is 50.2 Å². The van der Waals surface area contributed by atoms with Gasteiger partial charge in [-0.15, -0.1) is 0 Å². The molecule has 1 heterocycles. The van der Waals surface area contributed by atoms with Crippen LogP contribution in [0.4, 0.5) is 0 Å². The normalized spacial score (nSPS) is 12.9. The SMILES string of the molecule is CCN(C)[C@@H](C)C(=O)NCc1nn(C)c2ccc(C)cc12. The number of fused-ring (bicyclic) bond motifs is 1. The second kappa shape index (κ2) is 6.26. The summed E-state index contributed by atoms with van der Waals surface area (Å²) in [5, 5.41) is 8.60. The maximum Gasteiger partial charge on any atom is 0.237 e. The van der Waals surface area contributed by atoms with E-state index in [2.05, 4.69) is 35.5 Å². The van der Waals surface area contributed by atoms with Crippen molar-refractivity contribution in [1.82, 2.24) is 20.0 Å². The van der Waals surface area contributed by atoms with E-state index in [1.807, 2.05) is 37.5 Å². The van der Waals surface area contributed by atoms with Gasteiger partial charge in [-0.2, -0.15) is 5.10 Å². The molecule has 5 nitrogen and oxygen atoms in total. The van der Waals surface area contributed by atoms with Crippen molar-refractivity contribution in [2.75, 3.05) is 13.6 Å². The largest absolute Gasteiger partial charge is 0.349 e. The minimum absolute atomic E-state index is 0.0332. The smallest absolute Gasteiger partial charge is 0.237 e. The number of amides is 1. The number of benzene rings is 1. The summed E-state index contributed by atoms with van der Waals surface area (Å²) in [5.41, 5.74) is 3.20. The van der Waals surface area contributed by atoms with Crippen LogP contribution in [0.2, 0.25) is 0 Å². The number of nitrogens with one attached hydrogen (secondary N) is 1. The molecule has 1 N–H and O–H groups in total. The first kappa shape index (κ1) is 15.5. The highest BCUT2D eigenvalue weighted by Crippen LogP contribution is 2.19. The molecule has 0 aliphatic carbocycles. The fraction of sp³-hybridized carbons (Fsp3) is 0.500. The minimum atomic E-state index is -0.133. The molecular weight excluding hydrogens is 264 g/mol. The van der Waals surface area contributed by atoms with Crippen molar-refractivity contribution in [2.45, 2.75) is 33.4 Å². The summed E-state index contributed by atoms with van der Waals surface area (Å²) in [7, 11) is 3.88. The molecule has 0 saturated carbocycles. The Morgan fingerprint density at radius 1 is 1.48 bits per heavy atom. The van der Waals surface area contributed by atoms with Crippen LogP contribution in [0.25, 0.3) is 10.9 Å². The molecule has 1 atom stereocenters. The molecule has 5 heteroatoms. The zero-order valence-corrected chi connectivity index (χ0v) is 13.5. The molecule has 0 radical (unpaired) electrons. The first-order valence-corrected chi connectivity index (χ1v) is 7.34. The van der Waals surface area contributed by atoms with Gasteiger partial charge in [0, 0.05) is 12.4 Å². The molecule has 0 aliphatic heterocycles. The maximum atomic E-state index is 12.1. The monoisotopic (exact) mass is 288 g/mol. The molecule has 2 rings (SSSR count). The Bertz CT molecular complexity index is 647. The van der Waals surface area contributed by atoms with Gasteiger partial charge in [0.15, 0.2) is 0 Å². The predicted octanol–water partition coefficient (Wildman–Crippen LogP) is 1.84. The van der Waals surface area contributed by atoms with E-state index in [0.717, 1.165) is 23.1 Å². The van der Waals surface area contributed by atoms with Gasteiger partial charge in [-0.3, -0.25) is 14.4 Å². The van der Waals surface area contributed by atoms with E-state index in [1.54, 1.807) is 0 Å². The molecule has 21 heavy (non-hydrogen) atoms. The second-order valence-electron chi connectivity index (χ2n) is 5.56. The van der Waals surface area contributed by atoms with Crippen molar-refractivity contribution < 1.29 is 4.79 Å². The van der Waals surface area contributed by atoms with Gasteiger partial charge in [-0.1, -0.05) is 18.6 Å². The lowest BCUT2D eigenvalue weighted by Crippen LogP contribution is -2.42. The van der Waals surface area contributed by atoms with E-state index < -0.39 is 0 Å². The van der Waals surface area contributed by atoms with Gasteiger partial charge < -0.3 is 5.32 Å². The number of carbonyl (C=O) groups excluding carboxylic acids is 1. The third-order valence-electron chi connectivity index (χ3n) is 4.05. The molecule has 1 aromatic heterocycles. The number of nitrogens with zero attached hydrogens (tertiary/aromatic N) is 3. The molecule has 0 unspecified atom stereocenters. The fourth-order valence-electron chi connectivity index (χ4n) is 2.38. The zero-order valence-electron chi connectivity index (χ0n) is 13.5. The lowest BCUT2D eigenvalue weighted by molar-refractivity contribution is -0.125. The third-order valence-corrected chi connectivity index (χ3v) is 4.05. The molecule has 114 valence electrons. The van der Waals surface area contributed by atoms with Gasteiger partial charge in [-0.05, 0) is 39.6 Å². The van der Waals surface area contributed by atoms with Crippen LogP contribution in [0, 0.1) is 6.92 Å². The van der Waals surface area contributed by atoms with Crippen molar-refractivity contribution in [3.05, 3.63) is 29.5 Å². The fourth-order valence-corrected chi connectivity index (χ4v) is 2.38. The highest BCUT2D eigenvalue weighted by atomic mass is 16.2. The van der Waals surface area contributed by atoms with Crippen LogP contribution in [0.1, 0.15) is 25.1 Å². The second-order valence-corrected chi connectivity index (χ2v) is 5.56. The molecule has 0 fully saturated rings. The van der Waals surface area contributed by atoms with Gasteiger partial charge in [0.05, 0.1) is 23.8 Å². The number of rotatable bonds is 5. The average molecular weight is 288 g/mol. The Morgan fingerprint density at radius 2 is 2.19 bits per heavy atom. The standard InChI is InChI=1S/C16H24N4O/c1-6-19(4)12(3)16(21)17-10-14-13-9-11(2)7-8-15(13)20(5)18-14/h7-9,12H,6,10H2,1-5H3,(H,17,21)/t12-/m0/s1. The molecule has 0 bridgehead atoms. The van der Waals surface area contributed by atoms with Crippen LogP contribution >= 0.6 is 0 Å². The van der Waals surface area contributed by atoms with Crippen LogP contribution in [0.15, 0.2) is 18.2 Å². The lowest BCUT2D eigenvalue weighted by atomic mass is 10.1. The number of hydrogen-bond donors (Lipinski definition) is 1. The molecule has 0 aliphatic rings. The van der Waals surface area contributed by atoms with Gasteiger partial charge >= 0.3 is 0 Å². The van der Waals surface area contributed by atoms with Gasteiger partial charge in [0.1, 0.15) is 0 Å². The van der Waals surface area contributed by atoms with Crippen LogP contribution in [0.5, 0.6) is 0 Å². The van der Waals surface area contributed by atoms with Crippen molar-refractivity contribution >= 4 is 16.8 Å². The lowest BCUT2D eigenvalue weighted by Gasteiger charge is -2.21. The third kappa shape index (κ3) is 3.24. The summed E-state index contributed by atoms with van der Waals surface area (Å²) >= 11 is 0. The van der Waals surface area contributed by atoms with Crippen molar-refractivity contribution in [1.29, 1.82) is 0 Å². The summed E-state index contributed by atoms with van der Waals surface area (Å²) in [5.74, 6) is 0.0332. The molecular formula is C16H24N4O. The highest BCUT2D eigenvalue weighted by Gasteiger charge is 2.17. The number of carbonyl (C=O) groups is 1. The zero-order chi connectivity index (χ0) is 15.6. The summed E-state index contributed by atoms with van der Waals surface area (Å²) in [4.78, 5) is 14.1. The van der Waals surface area contributed by atoms with E-state index in [0.29, 0.717) is 6.54 Å². The summed E-state index contributed by atoms with van der Waals surface area (Å²) in [6.07, 6.45) is 0. The van der Waals surface area contributed by atoms with E-state index in [1.165, 1.54) is 5.56 Å². The van der Waals surface area contributed by atoms with E-state index in [9.17, 15) is 4.79 Å². The van der Waals surface area contributed by atoms with Gasteiger partial charge in [0.25, 0.3) is 0 Å². The minimum Gasteiger partial charge on any atom is -0.349 e. The Kier molecular flexibility index (Phi) is 4.63. The first-order valence-electron chi connectivity index (χ1n) is 7.34. The van der Waals surface area contributed by atoms with Crippen LogP contribution in [0.3, 0.4) is 0 Å². The Morgan fingerprint density at radius 3 is 2.86 bits per heavy atom. The van der Waals surface area contributed by atoms with Gasteiger partial charge in [0.2, 0.25) is 5.91 Å². The van der Waals surface area contributed by atoms with E-state index in [4.69, 9.17) is 0 Å². The van der Waals surface area contributed by atoms with Crippen molar-refractivity contribution in [3.8, 4) is 0 Å². The van der Waals surface area contributed by atoms with E-state index in [-0.39, 0.29) is 11.9 Å². The van der Waals surface area contributed by atoms with Gasteiger partial charge in [-0.25, -0.2) is 0 Å². The number of aromatic nitrogens is 2. The summed E-state index contributed by atoms with van der Waals surface area (Å²) in [6.45, 7) is 7.33. The molecule has 1 amide bonds. The Labute approximate surface area is 125 Å².